The number of hydrogen-bond acceptors (Lipinski definition) is 3. The minimum absolute atomic E-state index is 0.679. The molecule has 1 N–H and O–H groups in total. The van der Waals surface area contributed by atoms with E-state index in [1.165, 1.54) is 49.0 Å². The molecule has 1 aromatic rings. The second-order valence-electron chi connectivity index (χ2n) is 6.24. The summed E-state index contributed by atoms with van der Waals surface area (Å²) in [6.45, 7) is 11.7. The van der Waals surface area contributed by atoms with Crippen LogP contribution in [0.25, 0.3) is 0 Å². The molecule has 0 amide bonds. The van der Waals surface area contributed by atoms with Crippen molar-refractivity contribution in [2.24, 2.45) is 0 Å². The van der Waals surface area contributed by atoms with Gasteiger partial charge in [0.2, 0.25) is 0 Å². The second-order valence-corrected chi connectivity index (χ2v) is 6.24. The summed E-state index contributed by atoms with van der Waals surface area (Å²) >= 11 is 0. The van der Waals surface area contributed by atoms with Gasteiger partial charge >= 0.3 is 0 Å². The lowest BCUT2D eigenvalue weighted by atomic mass is 9.93. The summed E-state index contributed by atoms with van der Waals surface area (Å²) in [7, 11) is 0. The van der Waals surface area contributed by atoms with E-state index < -0.39 is 0 Å². The van der Waals surface area contributed by atoms with Crippen molar-refractivity contribution < 1.29 is 0 Å². The van der Waals surface area contributed by atoms with E-state index >= 15 is 0 Å². The highest BCUT2D eigenvalue weighted by atomic mass is 15.2. The highest BCUT2D eigenvalue weighted by Crippen LogP contribution is 2.30. The van der Waals surface area contributed by atoms with E-state index in [0.717, 1.165) is 25.3 Å². The van der Waals surface area contributed by atoms with Crippen LogP contribution in [0.15, 0.2) is 6.07 Å². The number of rotatable bonds is 6. The summed E-state index contributed by atoms with van der Waals surface area (Å²) in [4.78, 5) is 7.48. The van der Waals surface area contributed by atoms with Crippen molar-refractivity contribution in [3.05, 3.63) is 22.9 Å². The summed E-state index contributed by atoms with van der Waals surface area (Å²) < 4.78 is 0. The average Bonchev–Trinajstić information content (AvgIpc) is 2.48. The minimum Gasteiger partial charge on any atom is -0.354 e. The third kappa shape index (κ3) is 3.97. The van der Waals surface area contributed by atoms with Crippen LogP contribution in [0.3, 0.4) is 0 Å². The zero-order valence-electron chi connectivity index (χ0n) is 14.2. The zero-order chi connectivity index (χ0) is 15.2. The van der Waals surface area contributed by atoms with Gasteiger partial charge in [-0.15, -0.1) is 0 Å². The van der Waals surface area contributed by atoms with Crippen LogP contribution in [-0.2, 0) is 6.54 Å². The molecule has 0 atom stereocenters. The number of hydrogen-bond donors (Lipinski definition) is 1. The summed E-state index contributed by atoms with van der Waals surface area (Å²) in [6.07, 6.45) is 6.79. The lowest BCUT2D eigenvalue weighted by Crippen LogP contribution is -2.38. The Hall–Kier alpha value is -1.09. The Morgan fingerprint density at radius 2 is 1.90 bits per heavy atom. The molecule has 1 fully saturated rings. The van der Waals surface area contributed by atoms with E-state index in [9.17, 15) is 0 Å². The zero-order valence-corrected chi connectivity index (χ0v) is 14.2. The van der Waals surface area contributed by atoms with Crippen molar-refractivity contribution in [1.29, 1.82) is 0 Å². The second kappa shape index (κ2) is 7.79. The van der Waals surface area contributed by atoms with Gasteiger partial charge in [-0.05, 0) is 51.8 Å². The molecule has 1 aliphatic carbocycles. The van der Waals surface area contributed by atoms with Crippen LogP contribution >= 0.6 is 0 Å². The molecule has 1 aromatic heterocycles. The molecule has 0 bridgehead atoms. The van der Waals surface area contributed by atoms with Crippen molar-refractivity contribution in [2.75, 3.05) is 18.0 Å². The van der Waals surface area contributed by atoms with Crippen LogP contribution in [-0.4, -0.2) is 24.1 Å². The van der Waals surface area contributed by atoms with Crippen LogP contribution in [0.5, 0.6) is 0 Å². The van der Waals surface area contributed by atoms with Crippen molar-refractivity contribution in [2.45, 2.75) is 72.4 Å². The molecule has 1 aliphatic rings. The summed E-state index contributed by atoms with van der Waals surface area (Å²) in [6, 6.07) is 2.89. The Morgan fingerprint density at radius 3 is 2.52 bits per heavy atom. The molecule has 0 aromatic carbocycles. The molecule has 0 unspecified atom stereocenters. The lowest BCUT2D eigenvalue weighted by Gasteiger charge is -2.36. The molecule has 3 heteroatoms. The molecule has 0 spiro atoms. The van der Waals surface area contributed by atoms with E-state index in [-0.39, 0.29) is 0 Å². The van der Waals surface area contributed by atoms with Gasteiger partial charge in [-0.3, -0.25) is 0 Å². The molecule has 0 aliphatic heterocycles. The Balaban J connectivity index is 2.33. The first-order valence-electron chi connectivity index (χ1n) is 8.61. The van der Waals surface area contributed by atoms with Gasteiger partial charge in [0, 0.05) is 30.4 Å². The smallest absolute Gasteiger partial charge is 0.133 e. The van der Waals surface area contributed by atoms with Gasteiger partial charge in [0.1, 0.15) is 5.82 Å². The molecule has 2 rings (SSSR count). The van der Waals surface area contributed by atoms with Crippen molar-refractivity contribution in [3.8, 4) is 0 Å². The SMILES string of the molecule is CCNCc1c(C)cc(C)nc1N(CC)C1CCCCC1. The standard InChI is InChI=1S/C18H31N3/c1-5-19-13-17-14(3)12-15(4)20-18(17)21(6-2)16-10-8-7-9-11-16/h12,16,19H,5-11,13H2,1-4H3. The van der Waals surface area contributed by atoms with Crippen LogP contribution in [0, 0.1) is 13.8 Å². The highest BCUT2D eigenvalue weighted by molar-refractivity contribution is 5.52. The number of anilines is 1. The highest BCUT2D eigenvalue weighted by Gasteiger charge is 2.23. The van der Waals surface area contributed by atoms with Gasteiger partial charge in [-0.25, -0.2) is 4.98 Å². The van der Waals surface area contributed by atoms with Gasteiger partial charge in [-0.1, -0.05) is 26.2 Å². The first-order valence-corrected chi connectivity index (χ1v) is 8.61. The van der Waals surface area contributed by atoms with Crippen LogP contribution in [0.2, 0.25) is 0 Å². The Labute approximate surface area is 130 Å². The maximum atomic E-state index is 4.92. The molecule has 3 nitrogen and oxygen atoms in total. The number of aryl methyl sites for hydroxylation is 2. The predicted molar refractivity (Wildman–Crippen MR) is 91.0 cm³/mol. The van der Waals surface area contributed by atoms with Crippen LogP contribution in [0.4, 0.5) is 5.82 Å². The van der Waals surface area contributed by atoms with Gasteiger partial charge in [0.25, 0.3) is 0 Å². The van der Waals surface area contributed by atoms with Gasteiger partial charge in [0.05, 0.1) is 0 Å². The van der Waals surface area contributed by atoms with E-state index in [1.807, 2.05) is 0 Å². The summed E-state index contributed by atoms with van der Waals surface area (Å²) in [5, 5.41) is 3.48. The molecule has 1 heterocycles. The fourth-order valence-corrected chi connectivity index (χ4v) is 3.52. The minimum atomic E-state index is 0.679. The fraction of sp³-hybridized carbons (Fsp3) is 0.722. The van der Waals surface area contributed by atoms with E-state index in [0.29, 0.717) is 6.04 Å². The first-order chi connectivity index (χ1) is 10.2. The van der Waals surface area contributed by atoms with E-state index in [2.05, 4.69) is 44.0 Å². The van der Waals surface area contributed by atoms with Crippen molar-refractivity contribution in [1.82, 2.24) is 10.3 Å². The van der Waals surface area contributed by atoms with E-state index in [4.69, 9.17) is 4.98 Å². The van der Waals surface area contributed by atoms with Crippen LogP contribution < -0.4 is 10.2 Å². The molecule has 118 valence electrons. The van der Waals surface area contributed by atoms with Crippen molar-refractivity contribution >= 4 is 5.82 Å². The molecule has 0 saturated heterocycles. The third-order valence-corrected chi connectivity index (χ3v) is 4.63. The topological polar surface area (TPSA) is 28.2 Å². The van der Waals surface area contributed by atoms with E-state index in [1.54, 1.807) is 0 Å². The third-order valence-electron chi connectivity index (χ3n) is 4.63. The summed E-state index contributed by atoms with van der Waals surface area (Å²) in [5.74, 6) is 1.22. The predicted octanol–water partition coefficient (Wildman–Crippen LogP) is 3.97. The number of aromatic nitrogens is 1. The summed E-state index contributed by atoms with van der Waals surface area (Å²) in [5.41, 5.74) is 3.89. The Bertz CT molecular complexity index is 450. The number of pyridine rings is 1. The number of nitrogens with one attached hydrogen (secondary N) is 1. The Kier molecular flexibility index (Phi) is 6.04. The lowest BCUT2D eigenvalue weighted by molar-refractivity contribution is 0.415. The molecule has 21 heavy (non-hydrogen) atoms. The fourth-order valence-electron chi connectivity index (χ4n) is 3.52. The quantitative estimate of drug-likeness (QED) is 0.859. The molecular weight excluding hydrogens is 258 g/mol. The van der Waals surface area contributed by atoms with Gasteiger partial charge < -0.3 is 10.2 Å². The normalized spacial score (nSPS) is 16.2. The molecular formula is C18H31N3. The average molecular weight is 289 g/mol. The first kappa shape index (κ1) is 16.3. The Morgan fingerprint density at radius 1 is 1.19 bits per heavy atom. The maximum Gasteiger partial charge on any atom is 0.133 e. The largest absolute Gasteiger partial charge is 0.354 e. The van der Waals surface area contributed by atoms with Gasteiger partial charge in [0.15, 0.2) is 0 Å². The van der Waals surface area contributed by atoms with Crippen LogP contribution in [0.1, 0.15) is 62.8 Å². The molecule has 0 radical (unpaired) electrons. The number of nitrogens with zero attached hydrogens (tertiary/aromatic N) is 2. The van der Waals surface area contributed by atoms with Gasteiger partial charge in [-0.2, -0.15) is 0 Å². The maximum absolute atomic E-state index is 4.92. The molecule has 1 saturated carbocycles. The van der Waals surface area contributed by atoms with Crippen molar-refractivity contribution in [3.63, 3.8) is 0 Å². The monoisotopic (exact) mass is 289 g/mol.